The molecule has 3 rings (SSSR count). The van der Waals surface area contributed by atoms with Crippen molar-refractivity contribution in [2.24, 2.45) is 11.8 Å². The summed E-state index contributed by atoms with van der Waals surface area (Å²) < 4.78 is 5.82. The van der Waals surface area contributed by atoms with E-state index in [0.29, 0.717) is 5.92 Å². The smallest absolute Gasteiger partial charge is 0.119 e. The summed E-state index contributed by atoms with van der Waals surface area (Å²) in [6.45, 7) is 5.31. The first kappa shape index (κ1) is 24.4. The largest absolute Gasteiger partial charge is 0.494 e. The molecule has 0 unspecified atom stereocenters. The first-order valence-corrected chi connectivity index (χ1v) is 13.1. The van der Waals surface area contributed by atoms with Crippen LogP contribution in [0.5, 0.6) is 5.75 Å². The Bertz CT molecular complexity index is 814. The third-order valence-electron chi connectivity index (χ3n) is 6.82. The topological polar surface area (TPSA) is 9.23 Å². The Morgan fingerprint density at radius 1 is 0.719 bits per heavy atom. The van der Waals surface area contributed by atoms with Crippen LogP contribution in [0.2, 0.25) is 0 Å². The van der Waals surface area contributed by atoms with Crippen LogP contribution in [-0.2, 0) is 0 Å². The summed E-state index contributed by atoms with van der Waals surface area (Å²) in [6.07, 6.45) is 15.9. The lowest BCUT2D eigenvalue weighted by molar-refractivity contribution is 0.294. The van der Waals surface area contributed by atoms with Crippen LogP contribution in [0.1, 0.15) is 96.5 Å². The fraction of sp³-hybridized carbons (Fsp3) is 0.548. The van der Waals surface area contributed by atoms with Gasteiger partial charge < -0.3 is 4.74 Å². The molecule has 1 fully saturated rings. The van der Waals surface area contributed by atoms with E-state index in [-0.39, 0.29) is 0 Å². The summed E-state index contributed by atoms with van der Waals surface area (Å²) >= 11 is 0. The van der Waals surface area contributed by atoms with Crippen molar-refractivity contribution in [3.63, 3.8) is 0 Å². The first-order chi connectivity index (χ1) is 15.8. The Balaban J connectivity index is 1.44. The third-order valence-corrected chi connectivity index (χ3v) is 6.82. The zero-order valence-corrected chi connectivity index (χ0v) is 20.4. The quantitative estimate of drug-likeness (QED) is 0.255. The van der Waals surface area contributed by atoms with E-state index in [1.807, 2.05) is 0 Å². The Hall–Kier alpha value is -2.20. The molecule has 1 heteroatoms. The van der Waals surface area contributed by atoms with Crippen LogP contribution < -0.4 is 4.74 Å². The zero-order chi connectivity index (χ0) is 22.4. The minimum Gasteiger partial charge on any atom is -0.494 e. The van der Waals surface area contributed by atoms with Gasteiger partial charge in [0.25, 0.3) is 0 Å². The van der Waals surface area contributed by atoms with Gasteiger partial charge in [0.15, 0.2) is 0 Å². The summed E-state index contributed by atoms with van der Waals surface area (Å²) in [5.41, 5.74) is 3.59. The van der Waals surface area contributed by atoms with Crippen molar-refractivity contribution >= 4 is 0 Å². The lowest BCUT2D eigenvalue weighted by Crippen LogP contribution is -2.13. The SMILES string of the molecule is CCCCCC[C@H]1CC[C@H](C#Cc2ccc(-c3ccc(OCCCCC)cc3)cc2)CC1. The van der Waals surface area contributed by atoms with E-state index in [2.05, 4.69) is 74.2 Å². The van der Waals surface area contributed by atoms with Crippen LogP contribution in [0, 0.1) is 23.7 Å². The predicted molar refractivity (Wildman–Crippen MR) is 138 cm³/mol. The molecule has 0 aromatic heterocycles. The molecule has 0 heterocycles. The van der Waals surface area contributed by atoms with E-state index >= 15 is 0 Å². The second-order valence-corrected chi connectivity index (χ2v) is 9.49. The van der Waals surface area contributed by atoms with Gasteiger partial charge in [0.05, 0.1) is 6.61 Å². The van der Waals surface area contributed by atoms with Gasteiger partial charge in [-0.3, -0.25) is 0 Å². The standard InChI is InChI=1S/C31H42O/c1-3-5-7-8-10-26-11-13-27(14-12-26)15-16-28-17-19-29(20-18-28)30-21-23-31(24-22-30)32-25-9-6-4-2/h17-24,26-27H,3-14,25H2,1-2H3/t26-,27-. The van der Waals surface area contributed by atoms with E-state index in [0.717, 1.165) is 30.3 Å². The minimum atomic E-state index is 0.589. The molecule has 0 aliphatic heterocycles. The highest BCUT2D eigenvalue weighted by molar-refractivity contribution is 5.65. The van der Waals surface area contributed by atoms with Crippen LogP contribution in [0.4, 0.5) is 0 Å². The number of rotatable bonds is 11. The lowest BCUT2D eigenvalue weighted by atomic mass is 9.80. The highest BCUT2D eigenvalue weighted by Gasteiger charge is 2.19. The Morgan fingerprint density at radius 2 is 1.34 bits per heavy atom. The molecule has 0 saturated heterocycles. The molecule has 0 amide bonds. The maximum Gasteiger partial charge on any atom is 0.119 e. The van der Waals surface area contributed by atoms with Gasteiger partial charge in [-0.05, 0) is 73.4 Å². The van der Waals surface area contributed by atoms with Gasteiger partial charge in [0, 0.05) is 11.5 Å². The van der Waals surface area contributed by atoms with Crippen molar-refractivity contribution in [3.05, 3.63) is 54.1 Å². The van der Waals surface area contributed by atoms with Crippen molar-refractivity contribution in [1.29, 1.82) is 0 Å². The summed E-state index contributed by atoms with van der Waals surface area (Å²) in [6, 6.07) is 17.2. The van der Waals surface area contributed by atoms with Crippen molar-refractivity contribution in [2.45, 2.75) is 90.9 Å². The van der Waals surface area contributed by atoms with Gasteiger partial charge in [-0.25, -0.2) is 0 Å². The van der Waals surface area contributed by atoms with Crippen LogP contribution in [-0.4, -0.2) is 6.61 Å². The average Bonchev–Trinajstić information content (AvgIpc) is 2.85. The molecule has 172 valence electrons. The van der Waals surface area contributed by atoms with E-state index in [9.17, 15) is 0 Å². The Morgan fingerprint density at radius 3 is 2.00 bits per heavy atom. The second-order valence-electron chi connectivity index (χ2n) is 9.49. The Kier molecular flexibility index (Phi) is 10.7. The van der Waals surface area contributed by atoms with Gasteiger partial charge in [-0.15, -0.1) is 0 Å². The van der Waals surface area contributed by atoms with E-state index in [1.165, 1.54) is 81.8 Å². The van der Waals surface area contributed by atoms with Crippen molar-refractivity contribution in [1.82, 2.24) is 0 Å². The lowest BCUT2D eigenvalue weighted by Gasteiger charge is -2.25. The molecule has 0 atom stereocenters. The van der Waals surface area contributed by atoms with Gasteiger partial charge in [-0.2, -0.15) is 0 Å². The molecule has 1 saturated carbocycles. The van der Waals surface area contributed by atoms with Gasteiger partial charge in [0.1, 0.15) is 5.75 Å². The highest BCUT2D eigenvalue weighted by Crippen LogP contribution is 2.32. The second kappa shape index (κ2) is 14.1. The molecule has 0 spiro atoms. The molecule has 2 aromatic rings. The molecular formula is C31H42O. The molecule has 1 nitrogen and oxygen atoms in total. The van der Waals surface area contributed by atoms with Gasteiger partial charge in [-0.1, -0.05) is 94.9 Å². The van der Waals surface area contributed by atoms with Crippen LogP contribution >= 0.6 is 0 Å². The fourth-order valence-corrected chi connectivity index (χ4v) is 4.67. The van der Waals surface area contributed by atoms with Gasteiger partial charge >= 0.3 is 0 Å². The predicted octanol–water partition coefficient (Wildman–Crippen LogP) is 9.05. The van der Waals surface area contributed by atoms with E-state index < -0.39 is 0 Å². The maximum absolute atomic E-state index is 5.82. The summed E-state index contributed by atoms with van der Waals surface area (Å²) in [7, 11) is 0. The van der Waals surface area contributed by atoms with Crippen LogP contribution in [0.15, 0.2) is 48.5 Å². The molecule has 1 aliphatic rings. The normalized spacial score (nSPS) is 18.1. The highest BCUT2D eigenvalue weighted by atomic mass is 16.5. The summed E-state index contributed by atoms with van der Waals surface area (Å²) in [5, 5.41) is 0. The number of unbranched alkanes of at least 4 members (excludes halogenated alkanes) is 5. The third kappa shape index (κ3) is 8.38. The molecule has 1 aliphatic carbocycles. The molecule has 0 radical (unpaired) electrons. The monoisotopic (exact) mass is 430 g/mol. The van der Waals surface area contributed by atoms with Crippen molar-refractivity contribution in [3.8, 4) is 28.7 Å². The molecule has 2 aromatic carbocycles. The zero-order valence-electron chi connectivity index (χ0n) is 20.4. The number of benzene rings is 2. The van der Waals surface area contributed by atoms with Crippen LogP contribution in [0.3, 0.4) is 0 Å². The summed E-state index contributed by atoms with van der Waals surface area (Å²) in [5.74, 6) is 9.51. The number of ether oxygens (including phenoxy) is 1. The fourth-order valence-electron chi connectivity index (χ4n) is 4.67. The molecule has 0 N–H and O–H groups in total. The minimum absolute atomic E-state index is 0.589. The maximum atomic E-state index is 5.82. The first-order valence-electron chi connectivity index (χ1n) is 13.1. The van der Waals surface area contributed by atoms with E-state index in [4.69, 9.17) is 4.74 Å². The molecule has 0 bridgehead atoms. The number of hydrogen-bond donors (Lipinski definition) is 0. The average molecular weight is 431 g/mol. The van der Waals surface area contributed by atoms with Crippen LogP contribution in [0.25, 0.3) is 11.1 Å². The Labute approximate surface area is 197 Å². The van der Waals surface area contributed by atoms with Gasteiger partial charge in [0.2, 0.25) is 0 Å². The molecular weight excluding hydrogens is 388 g/mol. The summed E-state index contributed by atoms with van der Waals surface area (Å²) in [4.78, 5) is 0. The van der Waals surface area contributed by atoms with Crippen molar-refractivity contribution < 1.29 is 4.74 Å². The van der Waals surface area contributed by atoms with E-state index in [1.54, 1.807) is 0 Å². The number of hydrogen-bond acceptors (Lipinski definition) is 1. The van der Waals surface area contributed by atoms with Crippen molar-refractivity contribution in [2.75, 3.05) is 6.61 Å². The molecule has 32 heavy (non-hydrogen) atoms.